The second-order valence-corrected chi connectivity index (χ2v) is 4.19. The fourth-order valence-corrected chi connectivity index (χ4v) is 2.66. The van der Waals surface area contributed by atoms with Gasteiger partial charge in [-0.1, -0.05) is 0 Å². The van der Waals surface area contributed by atoms with Gasteiger partial charge in [-0.3, -0.25) is 4.79 Å². The van der Waals surface area contributed by atoms with Gasteiger partial charge in [-0.05, 0) is 25.3 Å². The van der Waals surface area contributed by atoms with E-state index in [-0.39, 0.29) is 11.9 Å². The Hall–Kier alpha value is -0.610. The number of nitrogens with two attached hydrogens (primary N) is 1. The smallest absolute Gasteiger partial charge is 0.326 e. The number of esters is 1. The van der Waals surface area contributed by atoms with Crippen molar-refractivity contribution in [1.29, 1.82) is 0 Å². The summed E-state index contributed by atoms with van der Waals surface area (Å²) in [6.45, 7) is 1.84. The highest BCUT2D eigenvalue weighted by Gasteiger charge is 2.52. The molecule has 0 spiro atoms. The highest BCUT2D eigenvalue weighted by molar-refractivity contribution is 5.81. The van der Waals surface area contributed by atoms with Crippen LogP contribution < -0.4 is 11.1 Å². The monoisotopic (exact) mass is 184 g/mol. The van der Waals surface area contributed by atoms with Crippen LogP contribution in [-0.2, 0) is 9.53 Å². The van der Waals surface area contributed by atoms with E-state index in [2.05, 4.69) is 5.32 Å². The predicted octanol–water partition coefficient (Wildman–Crippen LogP) is -0.514. The molecule has 2 bridgehead atoms. The Morgan fingerprint density at radius 3 is 3.00 bits per heavy atom. The SMILES string of the molecule is COC(=O)[C@]1(N)C[C@H]2CNC[C@@H]1C2. The maximum absolute atomic E-state index is 11.5. The van der Waals surface area contributed by atoms with E-state index in [1.54, 1.807) is 0 Å². The number of carbonyl (C=O) groups excluding carboxylic acids is 1. The van der Waals surface area contributed by atoms with Crippen LogP contribution in [0.1, 0.15) is 12.8 Å². The van der Waals surface area contributed by atoms with Gasteiger partial charge in [-0.2, -0.15) is 0 Å². The lowest BCUT2D eigenvalue weighted by molar-refractivity contribution is -0.148. The van der Waals surface area contributed by atoms with Crippen molar-refractivity contribution in [2.45, 2.75) is 18.4 Å². The Kier molecular flexibility index (Phi) is 2.04. The molecule has 0 amide bonds. The summed E-state index contributed by atoms with van der Waals surface area (Å²) >= 11 is 0. The van der Waals surface area contributed by atoms with Crippen molar-refractivity contribution in [3.05, 3.63) is 0 Å². The number of ether oxygens (including phenoxy) is 1. The summed E-state index contributed by atoms with van der Waals surface area (Å²) in [4.78, 5) is 11.5. The Morgan fingerprint density at radius 2 is 2.38 bits per heavy atom. The molecular formula is C9H16N2O2. The van der Waals surface area contributed by atoms with Crippen molar-refractivity contribution in [1.82, 2.24) is 5.32 Å². The molecule has 13 heavy (non-hydrogen) atoms. The molecule has 74 valence electrons. The first-order valence-corrected chi connectivity index (χ1v) is 4.75. The Morgan fingerprint density at radius 1 is 1.62 bits per heavy atom. The predicted molar refractivity (Wildman–Crippen MR) is 48.0 cm³/mol. The second-order valence-electron chi connectivity index (χ2n) is 4.19. The molecule has 2 rings (SSSR count). The zero-order valence-corrected chi connectivity index (χ0v) is 7.88. The van der Waals surface area contributed by atoms with Crippen LogP contribution in [0.3, 0.4) is 0 Å². The first kappa shape index (κ1) is 8.97. The van der Waals surface area contributed by atoms with Crippen LogP contribution >= 0.6 is 0 Å². The van der Waals surface area contributed by atoms with Gasteiger partial charge in [-0.25, -0.2) is 0 Å². The van der Waals surface area contributed by atoms with E-state index in [4.69, 9.17) is 10.5 Å². The summed E-state index contributed by atoms with van der Waals surface area (Å²) < 4.78 is 4.75. The number of hydrogen-bond acceptors (Lipinski definition) is 4. The van der Waals surface area contributed by atoms with E-state index < -0.39 is 5.54 Å². The molecule has 1 heterocycles. The molecule has 0 aromatic rings. The van der Waals surface area contributed by atoms with Crippen molar-refractivity contribution >= 4 is 5.97 Å². The minimum Gasteiger partial charge on any atom is -0.468 e. The summed E-state index contributed by atoms with van der Waals surface area (Å²) in [7, 11) is 1.41. The van der Waals surface area contributed by atoms with Gasteiger partial charge in [0.1, 0.15) is 5.54 Å². The van der Waals surface area contributed by atoms with Gasteiger partial charge in [0.2, 0.25) is 0 Å². The molecule has 2 fully saturated rings. The Balaban J connectivity index is 2.19. The molecule has 1 saturated carbocycles. The lowest BCUT2D eigenvalue weighted by Crippen LogP contribution is -2.53. The van der Waals surface area contributed by atoms with Crippen LogP contribution in [0.5, 0.6) is 0 Å². The molecule has 0 aromatic carbocycles. The average molecular weight is 184 g/mol. The highest BCUT2D eigenvalue weighted by atomic mass is 16.5. The standard InChI is InChI=1S/C9H16N2O2/c1-13-8(12)9(10)3-6-2-7(9)5-11-4-6/h6-7,11H,2-5,10H2,1H3/t6-,7-,9-/m0/s1. The Bertz CT molecular complexity index is 232. The number of hydrogen-bond donors (Lipinski definition) is 2. The topological polar surface area (TPSA) is 64.3 Å². The van der Waals surface area contributed by atoms with E-state index in [0.29, 0.717) is 5.92 Å². The largest absolute Gasteiger partial charge is 0.468 e. The number of piperidine rings is 1. The minimum atomic E-state index is -0.719. The molecular weight excluding hydrogens is 168 g/mol. The fraction of sp³-hybridized carbons (Fsp3) is 0.889. The summed E-state index contributed by atoms with van der Waals surface area (Å²) in [5, 5.41) is 3.29. The minimum absolute atomic E-state index is 0.247. The molecule has 1 aliphatic carbocycles. The molecule has 3 atom stereocenters. The van der Waals surface area contributed by atoms with E-state index in [9.17, 15) is 4.79 Å². The van der Waals surface area contributed by atoms with Crippen LogP contribution in [0, 0.1) is 11.8 Å². The van der Waals surface area contributed by atoms with Gasteiger partial charge in [0.15, 0.2) is 0 Å². The number of methoxy groups -OCH3 is 1. The second kappa shape index (κ2) is 2.96. The van der Waals surface area contributed by atoms with E-state index in [0.717, 1.165) is 25.9 Å². The maximum Gasteiger partial charge on any atom is 0.326 e. The molecule has 0 radical (unpaired) electrons. The molecule has 1 saturated heterocycles. The van der Waals surface area contributed by atoms with Gasteiger partial charge in [-0.15, -0.1) is 0 Å². The molecule has 4 nitrogen and oxygen atoms in total. The molecule has 1 aliphatic heterocycles. The van der Waals surface area contributed by atoms with E-state index in [1.807, 2.05) is 0 Å². The zero-order chi connectivity index (χ0) is 9.47. The van der Waals surface area contributed by atoms with E-state index in [1.165, 1.54) is 7.11 Å². The normalized spacial score (nSPS) is 43.2. The first-order valence-electron chi connectivity index (χ1n) is 4.75. The highest BCUT2D eigenvalue weighted by Crippen LogP contribution is 2.40. The first-order chi connectivity index (χ1) is 6.16. The van der Waals surface area contributed by atoms with Crippen LogP contribution in [0.25, 0.3) is 0 Å². The third kappa shape index (κ3) is 1.25. The third-order valence-electron chi connectivity index (χ3n) is 3.36. The molecule has 0 aromatic heterocycles. The van der Waals surface area contributed by atoms with Gasteiger partial charge < -0.3 is 15.8 Å². The molecule has 2 aliphatic rings. The van der Waals surface area contributed by atoms with Gasteiger partial charge in [0.25, 0.3) is 0 Å². The molecule has 3 N–H and O–H groups in total. The van der Waals surface area contributed by atoms with Crippen LogP contribution in [0.15, 0.2) is 0 Å². The molecule has 4 heteroatoms. The quantitative estimate of drug-likeness (QED) is 0.539. The number of carbonyl (C=O) groups is 1. The lowest BCUT2D eigenvalue weighted by atomic mass is 9.88. The van der Waals surface area contributed by atoms with Gasteiger partial charge in [0, 0.05) is 12.5 Å². The number of fused-ring (bicyclic) bond motifs is 2. The number of nitrogens with one attached hydrogen (secondary N) is 1. The summed E-state index contributed by atoms with van der Waals surface area (Å²) in [6, 6.07) is 0. The zero-order valence-electron chi connectivity index (χ0n) is 7.88. The third-order valence-corrected chi connectivity index (χ3v) is 3.36. The summed E-state index contributed by atoms with van der Waals surface area (Å²) in [5.74, 6) is 0.574. The fourth-order valence-electron chi connectivity index (χ4n) is 2.66. The van der Waals surface area contributed by atoms with Crippen molar-refractivity contribution in [2.75, 3.05) is 20.2 Å². The van der Waals surface area contributed by atoms with Crippen LogP contribution in [0.2, 0.25) is 0 Å². The number of rotatable bonds is 1. The summed E-state index contributed by atoms with van der Waals surface area (Å²) in [5.41, 5.74) is 5.36. The van der Waals surface area contributed by atoms with Gasteiger partial charge >= 0.3 is 5.97 Å². The lowest BCUT2D eigenvalue weighted by Gasteiger charge is -2.28. The van der Waals surface area contributed by atoms with Crippen LogP contribution in [0.4, 0.5) is 0 Å². The average Bonchev–Trinajstić information content (AvgIpc) is 2.38. The van der Waals surface area contributed by atoms with Crippen molar-refractivity contribution in [3.63, 3.8) is 0 Å². The van der Waals surface area contributed by atoms with Crippen molar-refractivity contribution < 1.29 is 9.53 Å². The van der Waals surface area contributed by atoms with Gasteiger partial charge in [0.05, 0.1) is 7.11 Å². The van der Waals surface area contributed by atoms with Crippen molar-refractivity contribution in [3.8, 4) is 0 Å². The summed E-state index contributed by atoms with van der Waals surface area (Å²) in [6.07, 6.45) is 1.84. The van der Waals surface area contributed by atoms with E-state index >= 15 is 0 Å². The Labute approximate surface area is 77.8 Å². The molecule has 0 unspecified atom stereocenters. The van der Waals surface area contributed by atoms with Crippen LogP contribution in [-0.4, -0.2) is 31.7 Å². The van der Waals surface area contributed by atoms with Crippen molar-refractivity contribution in [2.24, 2.45) is 17.6 Å². The maximum atomic E-state index is 11.5.